The third-order valence-corrected chi connectivity index (χ3v) is 6.09. The molecule has 1 aromatic rings. The predicted octanol–water partition coefficient (Wildman–Crippen LogP) is 4.26. The van der Waals surface area contributed by atoms with Crippen LogP contribution in [0.5, 0.6) is 0 Å². The minimum atomic E-state index is -0.294. The molecule has 1 unspecified atom stereocenters. The van der Waals surface area contributed by atoms with Crippen molar-refractivity contribution in [1.29, 1.82) is 0 Å². The van der Waals surface area contributed by atoms with Gasteiger partial charge in [0, 0.05) is 25.4 Å². The van der Waals surface area contributed by atoms with Crippen molar-refractivity contribution in [3.63, 3.8) is 0 Å². The highest BCUT2D eigenvalue weighted by atomic mass is 32.2. The summed E-state index contributed by atoms with van der Waals surface area (Å²) in [5.41, 5.74) is 0.724. The van der Waals surface area contributed by atoms with Crippen LogP contribution in [0.1, 0.15) is 45.4 Å². The lowest BCUT2D eigenvalue weighted by Crippen LogP contribution is -2.48. The van der Waals surface area contributed by atoms with Crippen LogP contribution in [0, 0.1) is 5.82 Å². The number of halogens is 1. The normalized spacial score (nSPS) is 23.7. The van der Waals surface area contributed by atoms with E-state index in [9.17, 15) is 9.18 Å². The van der Waals surface area contributed by atoms with Gasteiger partial charge in [0.05, 0.1) is 6.04 Å². The van der Waals surface area contributed by atoms with E-state index < -0.39 is 0 Å². The molecule has 1 heterocycles. The van der Waals surface area contributed by atoms with E-state index in [1.165, 1.54) is 37.8 Å². The van der Waals surface area contributed by atoms with Crippen molar-refractivity contribution in [2.24, 2.45) is 4.99 Å². The van der Waals surface area contributed by atoms with Crippen LogP contribution in [0.2, 0.25) is 0 Å². The van der Waals surface area contributed by atoms with Gasteiger partial charge in [0.15, 0.2) is 5.17 Å². The van der Waals surface area contributed by atoms with E-state index in [4.69, 9.17) is 4.99 Å². The van der Waals surface area contributed by atoms with Gasteiger partial charge in [0.1, 0.15) is 12.0 Å². The van der Waals surface area contributed by atoms with Crippen LogP contribution in [-0.2, 0) is 4.79 Å². The fourth-order valence-electron chi connectivity index (χ4n) is 3.57. The number of benzene rings is 1. The summed E-state index contributed by atoms with van der Waals surface area (Å²) < 4.78 is 13.2. The molecule has 0 aromatic heterocycles. The number of carbonyl (C=O) groups is 1. The zero-order valence-electron chi connectivity index (χ0n) is 14.9. The molecular formula is C19H26FN3OS. The summed E-state index contributed by atoms with van der Waals surface area (Å²) in [5, 5.41) is 1.02. The van der Waals surface area contributed by atoms with Gasteiger partial charge in [-0.1, -0.05) is 37.4 Å². The van der Waals surface area contributed by atoms with E-state index in [0.717, 1.165) is 29.4 Å². The Morgan fingerprint density at radius 1 is 1.20 bits per heavy atom. The van der Waals surface area contributed by atoms with Crippen LogP contribution in [0.4, 0.5) is 10.1 Å². The molecule has 0 radical (unpaired) electrons. The molecule has 1 aromatic carbocycles. The molecule has 3 rings (SSSR count). The number of carbonyl (C=O) groups excluding carboxylic acids is 1. The molecule has 2 aliphatic rings. The van der Waals surface area contributed by atoms with Crippen molar-refractivity contribution < 1.29 is 9.18 Å². The largest absolute Gasteiger partial charge is 0.333 e. The Kier molecular flexibility index (Phi) is 5.99. The molecule has 136 valence electrons. The van der Waals surface area contributed by atoms with E-state index in [1.807, 2.05) is 7.05 Å². The maximum Gasteiger partial charge on any atom is 0.225 e. The lowest BCUT2D eigenvalue weighted by molar-refractivity contribution is -0.117. The first kappa shape index (κ1) is 18.2. The quantitative estimate of drug-likeness (QED) is 0.753. The fourth-order valence-corrected chi connectivity index (χ4v) is 4.79. The summed E-state index contributed by atoms with van der Waals surface area (Å²) >= 11 is 1.71. The Morgan fingerprint density at radius 2 is 1.84 bits per heavy atom. The minimum Gasteiger partial charge on any atom is -0.333 e. The highest BCUT2D eigenvalue weighted by Gasteiger charge is 2.34. The van der Waals surface area contributed by atoms with Gasteiger partial charge in [0.2, 0.25) is 5.91 Å². The van der Waals surface area contributed by atoms with Crippen molar-refractivity contribution in [3.05, 3.63) is 30.1 Å². The molecule has 1 saturated heterocycles. The van der Waals surface area contributed by atoms with Crippen LogP contribution in [-0.4, -0.2) is 41.0 Å². The molecular weight excluding hydrogens is 337 g/mol. The number of hydrogen-bond donors (Lipinski definition) is 0. The molecule has 2 fully saturated rings. The first-order chi connectivity index (χ1) is 12.1. The van der Waals surface area contributed by atoms with Crippen LogP contribution >= 0.6 is 11.8 Å². The molecule has 6 heteroatoms. The summed E-state index contributed by atoms with van der Waals surface area (Å²) in [7, 11) is 2.00. The summed E-state index contributed by atoms with van der Waals surface area (Å²) in [6, 6.07) is 6.52. The van der Waals surface area contributed by atoms with Gasteiger partial charge < -0.3 is 4.90 Å². The fraction of sp³-hybridized carbons (Fsp3) is 0.579. The standard InChI is InChI=1S/C19H26FN3OS/c1-14(24)23(17-11-9-15(20)10-12-17)18-13-25-19(22(18)2)21-16-7-5-3-4-6-8-16/h9-12,16,18H,3-8,13H2,1-2H3. The summed E-state index contributed by atoms with van der Waals surface area (Å²) in [4.78, 5) is 21.1. The molecule has 0 spiro atoms. The Bertz CT molecular complexity index is 626. The highest BCUT2D eigenvalue weighted by molar-refractivity contribution is 8.14. The average molecular weight is 364 g/mol. The van der Waals surface area contributed by atoms with Crippen LogP contribution in [0.3, 0.4) is 0 Å². The number of nitrogens with zero attached hydrogens (tertiary/aromatic N) is 3. The molecule has 25 heavy (non-hydrogen) atoms. The van der Waals surface area contributed by atoms with E-state index in [2.05, 4.69) is 4.90 Å². The van der Waals surface area contributed by atoms with Gasteiger partial charge in [-0.25, -0.2) is 4.39 Å². The van der Waals surface area contributed by atoms with Gasteiger partial charge in [-0.3, -0.25) is 14.7 Å². The van der Waals surface area contributed by atoms with Crippen molar-refractivity contribution in [2.75, 3.05) is 17.7 Å². The Morgan fingerprint density at radius 3 is 2.44 bits per heavy atom. The predicted molar refractivity (Wildman–Crippen MR) is 102 cm³/mol. The number of anilines is 1. The number of aliphatic imine (C=N–C) groups is 1. The number of hydrogen-bond acceptors (Lipinski definition) is 3. The summed E-state index contributed by atoms with van der Waals surface area (Å²) in [6.07, 6.45) is 7.39. The lowest BCUT2D eigenvalue weighted by atomic mass is 10.1. The number of amides is 1. The molecule has 1 aliphatic carbocycles. The highest BCUT2D eigenvalue weighted by Crippen LogP contribution is 2.31. The van der Waals surface area contributed by atoms with Gasteiger partial charge in [-0.15, -0.1) is 0 Å². The molecule has 4 nitrogen and oxygen atoms in total. The van der Waals surface area contributed by atoms with Gasteiger partial charge >= 0.3 is 0 Å². The van der Waals surface area contributed by atoms with Gasteiger partial charge in [0.25, 0.3) is 0 Å². The molecule has 1 aliphatic heterocycles. The van der Waals surface area contributed by atoms with Crippen LogP contribution in [0.15, 0.2) is 29.3 Å². The van der Waals surface area contributed by atoms with Crippen LogP contribution in [0.25, 0.3) is 0 Å². The SMILES string of the molecule is CC(=O)N(c1ccc(F)cc1)C1CSC(=NC2CCCCCC2)N1C. The summed E-state index contributed by atoms with van der Waals surface area (Å²) in [6.45, 7) is 1.56. The zero-order chi connectivity index (χ0) is 17.8. The minimum absolute atomic E-state index is 0.0419. The third kappa shape index (κ3) is 4.35. The Balaban J connectivity index is 1.77. The van der Waals surface area contributed by atoms with Crippen molar-refractivity contribution in [1.82, 2.24) is 4.90 Å². The van der Waals surface area contributed by atoms with E-state index in [-0.39, 0.29) is 17.9 Å². The maximum absolute atomic E-state index is 13.2. The third-order valence-electron chi connectivity index (χ3n) is 4.97. The molecule has 0 bridgehead atoms. The van der Waals surface area contributed by atoms with Crippen molar-refractivity contribution >= 4 is 28.5 Å². The topological polar surface area (TPSA) is 35.9 Å². The second-order valence-corrected chi connectivity index (χ2v) is 7.81. The first-order valence-corrected chi connectivity index (χ1v) is 10.0. The molecule has 1 saturated carbocycles. The van der Waals surface area contributed by atoms with Gasteiger partial charge in [-0.05, 0) is 37.1 Å². The van der Waals surface area contributed by atoms with E-state index in [1.54, 1.807) is 35.7 Å². The van der Waals surface area contributed by atoms with Gasteiger partial charge in [-0.2, -0.15) is 0 Å². The lowest BCUT2D eigenvalue weighted by Gasteiger charge is -2.33. The number of amidine groups is 1. The van der Waals surface area contributed by atoms with Crippen molar-refractivity contribution in [3.8, 4) is 0 Å². The number of rotatable bonds is 3. The summed E-state index contributed by atoms with van der Waals surface area (Å²) in [5.74, 6) is 0.440. The smallest absolute Gasteiger partial charge is 0.225 e. The number of thioether (sulfide) groups is 1. The molecule has 1 atom stereocenters. The second-order valence-electron chi connectivity index (χ2n) is 6.83. The van der Waals surface area contributed by atoms with Crippen molar-refractivity contribution in [2.45, 2.75) is 57.7 Å². The second kappa shape index (κ2) is 8.21. The first-order valence-electron chi connectivity index (χ1n) is 9.05. The Hall–Kier alpha value is -1.56. The molecule has 1 amide bonds. The molecule has 0 N–H and O–H groups in total. The Labute approximate surface area is 153 Å². The van der Waals surface area contributed by atoms with Crippen LogP contribution < -0.4 is 4.90 Å². The van der Waals surface area contributed by atoms with E-state index in [0.29, 0.717) is 6.04 Å². The zero-order valence-corrected chi connectivity index (χ0v) is 15.8. The maximum atomic E-state index is 13.2. The average Bonchev–Trinajstić information content (AvgIpc) is 2.78. The van der Waals surface area contributed by atoms with E-state index >= 15 is 0 Å². The monoisotopic (exact) mass is 363 g/mol.